The van der Waals surface area contributed by atoms with Gasteiger partial charge >= 0.3 is 0 Å². The topological polar surface area (TPSA) is 26.0 Å². The summed E-state index contributed by atoms with van der Waals surface area (Å²) in [6.07, 6.45) is 7.22. The Balaban J connectivity index is 2.64. The van der Waals surface area contributed by atoms with Gasteiger partial charge in [0.15, 0.2) is 0 Å². The molecular formula is C8H13NS. The molecule has 2 N–H and O–H groups in total. The molecule has 1 rings (SSSR count). The smallest absolute Gasteiger partial charge is 0.0282 e. The summed E-state index contributed by atoms with van der Waals surface area (Å²) in [4.78, 5) is 0. The van der Waals surface area contributed by atoms with Gasteiger partial charge in [0, 0.05) is 10.9 Å². The summed E-state index contributed by atoms with van der Waals surface area (Å²) in [5.74, 6) is 0.565. The van der Waals surface area contributed by atoms with Crippen molar-refractivity contribution in [3.63, 3.8) is 0 Å². The van der Waals surface area contributed by atoms with Crippen LogP contribution in [0.2, 0.25) is 0 Å². The van der Waals surface area contributed by atoms with Crippen LogP contribution in [-0.4, -0.2) is 5.25 Å². The molecule has 1 aliphatic carbocycles. The maximum absolute atomic E-state index is 5.57. The first kappa shape index (κ1) is 7.73. The van der Waals surface area contributed by atoms with E-state index in [1.165, 1.54) is 0 Å². The molecule has 0 aromatic rings. The van der Waals surface area contributed by atoms with Crippen LogP contribution in [0.3, 0.4) is 0 Å². The Morgan fingerprint density at radius 2 is 2.40 bits per heavy atom. The zero-order chi connectivity index (χ0) is 7.56. The second-order valence-electron chi connectivity index (χ2n) is 2.59. The van der Waals surface area contributed by atoms with Crippen LogP contribution in [0.4, 0.5) is 0 Å². The van der Waals surface area contributed by atoms with Crippen molar-refractivity contribution < 1.29 is 0 Å². The van der Waals surface area contributed by atoms with Gasteiger partial charge in [-0.15, -0.1) is 0 Å². The predicted octanol–water partition coefficient (Wildman–Crippen LogP) is 1.72. The summed E-state index contributed by atoms with van der Waals surface area (Å²) >= 11 is 4.39. The molecule has 1 nitrogen and oxygen atoms in total. The summed E-state index contributed by atoms with van der Waals surface area (Å²) in [5.41, 5.74) is 6.41. The highest BCUT2D eigenvalue weighted by Gasteiger charge is 2.13. The van der Waals surface area contributed by atoms with Crippen molar-refractivity contribution in [2.45, 2.75) is 18.6 Å². The van der Waals surface area contributed by atoms with Crippen LogP contribution in [-0.2, 0) is 0 Å². The van der Waals surface area contributed by atoms with Gasteiger partial charge < -0.3 is 5.73 Å². The fraction of sp³-hybridized carbons (Fsp3) is 0.500. The summed E-state index contributed by atoms with van der Waals surface area (Å²) in [6, 6.07) is 0. The van der Waals surface area contributed by atoms with Crippen molar-refractivity contribution >= 4 is 12.6 Å². The average molecular weight is 155 g/mol. The summed E-state index contributed by atoms with van der Waals surface area (Å²) in [5, 5.41) is 0.315. The standard InChI is InChI=1S/C8H13NS/c1-2-6-3-4-7(9)5-8(6)10/h3-6,8,10H,2,9H2,1H3. The van der Waals surface area contributed by atoms with E-state index in [0.29, 0.717) is 11.2 Å². The number of hydrogen-bond acceptors (Lipinski definition) is 2. The molecule has 1 aliphatic rings. The highest BCUT2D eigenvalue weighted by atomic mass is 32.1. The molecule has 0 saturated carbocycles. The Morgan fingerprint density at radius 1 is 1.70 bits per heavy atom. The van der Waals surface area contributed by atoms with Gasteiger partial charge in [-0.05, 0) is 24.5 Å². The molecule has 0 aromatic carbocycles. The second-order valence-corrected chi connectivity index (χ2v) is 3.18. The largest absolute Gasteiger partial charge is 0.399 e. The lowest BCUT2D eigenvalue weighted by atomic mass is 9.96. The van der Waals surface area contributed by atoms with E-state index in [1.807, 2.05) is 12.2 Å². The van der Waals surface area contributed by atoms with Crippen LogP contribution in [0.25, 0.3) is 0 Å². The molecule has 0 aromatic heterocycles. The SMILES string of the molecule is CCC1C=CC(N)=CC1S. The van der Waals surface area contributed by atoms with Crippen molar-refractivity contribution in [1.82, 2.24) is 0 Å². The van der Waals surface area contributed by atoms with Crippen molar-refractivity contribution in [3.8, 4) is 0 Å². The third-order valence-electron chi connectivity index (χ3n) is 1.81. The molecule has 0 bridgehead atoms. The first-order valence-corrected chi connectivity index (χ1v) is 4.09. The number of hydrogen-bond donors (Lipinski definition) is 2. The minimum atomic E-state index is 0.315. The Hall–Kier alpha value is -0.370. The van der Waals surface area contributed by atoms with E-state index in [9.17, 15) is 0 Å². The third kappa shape index (κ3) is 1.57. The van der Waals surface area contributed by atoms with Crippen molar-refractivity contribution in [3.05, 3.63) is 23.9 Å². The van der Waals surface area contributed by atoms with Crippen LogP contribution >= 0.6 is 12.6 Å². The molecule has 2 unspecified atom stereocenters. The monoisotopic (exact) mass is 155 g/mol. The van der Waals surface area contributed by atoms with E-state index in [0.717, 1.165) is 12.1 Å². The second kappa shape index (κ2) is 3.15. The Bertz CT molecular complexity index is 172. The molecule has 0 spiro atoms. The van der Waals surface area contributed by atoms with Gasteiger partial charge in [0.25, 0.3) is 0 Å². The molecule has 0 heterocycles. The number of allylic oxidation sites excluding steroid dienone is 2. The van der Waals surface area contributed by atoms with Gasteiger partial charge in [-0.25, -0.2) is 0 Å². The molecule has 2 atom stereocenters. The Morgan fingerprint density at radius 3 is 2.90 bits per heavy atom. The van der Waals surface area contributed by atoms with Crippen molar-refractivity contribution in [2.24, 2.45) is 11.7 Å². The average Bonchev–Trinajstić information content (AvgIpc) is 1.88. The maximum Gasteiger partial charge on any atom is 0.0282 e. The van der Waals surface area contributed by atoms with Gasteiger partial charge in [0.05, 0.1) is 0 Å². The van der Waals surface area contributed by atoms with Gasteiger partial charge in [0.2, 0.25) is 0 Å². The summed E-state index contributed by atoms with van der Waals surface area (Å²) in [6.45, 7) is 2.16. The zero-order valence-electron chi connectivity index (χ0n) is 6.12. The molecule has 0 fully saturated rings. The van der Waals surface area contributed by atoms with Gasteiger partial charge in [-0.2, -0.15) is 12.6 Å². The van der Waals surface area contributed by atoms with E-state index in [4.69, 9.17) is 5.73 Å². The normalized spacial score (nSPS) is 32.0. The molecular weight excluding hydrogens is 142 g/mol. The van der Waals surface area contributed by atoms with E-state index >= 15 is 0 Å². The Kier molecular flexibility index (Phi) is 2.44. The fourth-order valence-corrected chi connectivity index (χ4v) is 1.58. The number of nitrogens with two attached hydrogens (primary N) is 1. The van der Waals surface area contributed by atoms with E-state index in [2.05, 4.69) is 25.6 Å². The van der Waals surface area contributed by atoms with Crippen LogP contribution in [0.15, 0.2) is 23.9 Å². The first-order chi connectivity index (χ1) is 4.74. The van der Waals surface area contributed by atoms with Crippen molar-refractivity contribution in [2.75, 3.05) is 0 Å². The number of rotatable bonds is 1. The van der Waals surface area contributed by atoms with Crippen molar-refractivity contribution in [1.29, 1.82) is 0 Å². The zero-order valence-corrected chi connectivity index (χ0v) is 7.01. The molecule has 56 valence electrons. The Labute approximate surface area is 67.4 Å². The van der Waals surface area contributed by atoms with Crippen LogP contribution in [0.1, 0.15) is 13.3 Å². The maximum atomic E-state index is 5.57. The van der Waals surface area contributed by atoms with Crippen LogP contribution in [0.5, 0.6) is 0 Å². The molecule has 0 amide bonds. The minimum absolute atomic E-state index is 0.315. The van der Waals surface area contributed by atoms with Gasteiger partial charge in [-0.3, -0.25) is 0 Å². The third-order valence-corrected chi connectivity index (χ3v) is 2.34. The highest BCUT2D eigenvalue weighted by molar-refractivity contribution is 7.81. The molecule has 0 radical (unpaired) electrons. The fourth-order valence-electron chi connectivity index (χ4n) is 1.10. The molecule has 10 heavy (non-hydrogen) atoms. The summed E-state index contributed by atoms with van der Waals surface area (Å²) < 4.78 is 0. The number of thiol groups is 1. The van der Waals surface area contributed by atoms with Gasteiger partial charge in [0.1, 0.15) is 0 Å². The molecule has 2 heteroatoms. The lowest BCUT2D eigenvalue weighted by molar-refractivity contribution is 0.644. The molecule has 0 saturated heterocycles. The lowest BCUT2D eigenvalue weighted by Gasteiger charge is -2.18. The van der Waals surface area contributed by atoms with Gasteiger partial charge in [-0.1, -0.05) is 13.0 Å². The van der Waals surface area contributed by atoms with E-state index < -0.39 is 0 Å². The first-order valence-electron chi connectivity index (χ1n) is 3.57. The van der Waals surface area contributed by atoms with E-state index in [1.54, 1.807) is 0 Å². The summed E-state index contributed by atoms with van der Waals surface area (Å²) in [7, 11) is 0. The molecule has 0 aliphatic heterocycles. The predicted molar refractivity (Wildman–Crippen MR) is 48.0 cm³/mol. The van der Waals surface area contributed by atoms with Crippen LogP contribution in [0, 0.1) is 5.92 Å². The lowest BCUT2D eigenvalue weighted by Crippen LogP contribution is -2.15. The highest BCUT2D eigenvalue weighted by Crippen LogP contribution is 2.21. The van der Waals surface area contributed by atoms with E-state index in [-0.39, 0.29) is 0 Å². The quantitative estimate of drug-likeness (QED) is 0.554. The van der Waals surface area contributed by atoms with Crippen LogP contribution < -0.4 is 5.73 Å². The minimum Gasteiger partial charge on any atom is -0.399 e.